The normalized spacial score (nSPS) is 12.1. The Morgan fingerprint density at radius 2 is 1.90 bits per heavy atom. The first kappa shape index (κ1) is 15.5. The third kappa shape index (κ3) is 4.57. The lowest BCUT2D eigenvalue weighted by atomic mass is 10.1. The first-order chi connectivity index (χ1) is 10.2. The van der Waals surface area contributed by atoms with Crippen LogP contribution in [0.5, 0.6) is 5.75 Å². The van der Waals surface area contributed by atoms with Crippen LogP contribution in [-0.4, -0.2) is 13.2 Å². The summed E-state index contributed by atoms with van der Waals surface area (Å²) in [4.78, 5) is 0. The van der Waals surface area contributed by atoms with Crippen LogP contribution in [0.4, 0.5) is 4.39 Å². The molecule has 2 nitrogen and oxygen atoms in total. The van der Waals surface area contributed by atoms with Gasteiger partial charge in [0.15, 0.2) is 0 Å². The van der Waals surface area contributed by atoms with Crippen molar-refractivity contribution in [3.8, 4) is 5.75 Å². The molecule has 0 aliphatic carbocycles. The van der Waals surface area contributed by atoms with Crippen molar-refractivity contribution in [2.45, 2.75) is 26.3 Å². The first-order valence-electron chi connectivity index (χ1n) is 7.40. The summed E-state index contributed by atoms with van der Waals surface area (Å²) in [6, 6.07) is 15.2. The van der Waals surface area contributed by atoms with Crippen LogP contribution in [0.1, 0.15) is 31.0 Å². The van der Waals surface area contributed by atoms with E-state index in [1.54, 1.807) is 6.07 Å². The van der Waals surface area contributed by atoms with Crippen molar-refractivity contribution >= 4 is 0 Å². The van der Waals surface area contributed by atoms with Gasteiger partial charge in [-0.15, -0.1) is 0 Å². The summed E-state index contributed by atoms with van der Waals surface area (Å²) >= 11 is 0. The van der Waals surface area contributed by atoms with Gasteiger partial charge in [0.25, 0.3) is 0 Å². The Labute approximate surface area is 126 Å². The van der Waals surface area contributed by atoms with Crippen molar-refractivity contribution in [2.24, 2.45) is 0 Å². The molecule has 2 aromatic carbocycles. The molecule has 0 radical (unpaired) electrons. The molecule has 1 unspecified atom stereocenters. The van der Waals surface area contributed by atoms with Gasteiger partial charge in [0.1, 0.15) is 11.6 Å². The van der Waals surface area contributed by atoms with E-state index in [2.05, 4.69) is 17.4 Å². The third-order valence-corrected chi connectivity index (χ3v) is 3.45. The number of rotatable bonds is 7. The molecule has 0 aromatic heterocycles. The Bertz CT molecular complexity index is 556. The van der Waals surface area contributed by atoms with E-state index in [-0.39, 0.29) is 11.9 Å². The molecule has 0 saturated heterocycles. The Hall–Kier alpha value is -1.87. The van der Waals surface area contributed by atoms with E-state index in [9.17, 15) is 4.39 Å². The zero-order valence-electron chi connectivity index (χ0n) is 12.6. The molecular formula is C18H22FNO. The molecule has 21 heavy (non-hydrogen) atoms. The molecule has 0 saturated carbocycles. The van der Waals surface area contributed by atoms with Crippen LogP contribution in [0, 0.1) is 5.82 Å². The summed E-state index contributed by atoms with van der Waals surface area (Å²) < 4.78 is 19.7. The smallest absolute Gasteiger partial charge is 0.131 e. The summed E-state index contributed by atoms with van der Waals surface area (Å²) in [6.07, 6.45) is 0.817. The maximum Gasteiger partial charge on any atom is 0.131 e. The summed E-state index contributed by atoms with van der Waals surface area (Å²) in [6.45, 7) is 5.33. The van der Waals surface area contributed by atoms with Crippen molar-refractivity contribution in [2.75, 3.05) is 13.2 Å². The molecule has 2 rings (SSSR count). The fourth-order valence-corrected chi connectivity index (χ4v) is 2.30. The number of hydrogen-bond acceptors (Lipinski definition) is 2. The fourth-order valence-electron chi connectivity index (χ4n) is 2.30. The Balaban J connectivity index is 1.91. The van der Waals surface area contributed by atoms with Gasteiger partial charge in [-0.05, 0) is 25.1 Å². The van der Waals surface area contributed by atoms with Gasteiger partial charge < -0.3 is 10.1 Å². The molecular weight excluding hydrogens is 265 g/mol. The Kier molecular flexibility index (Phi) is 5.76. The molecule has 0 spiro atoms. The predicted molar refractivity (Wildman–Crippen MR) is 84.1 cm³/mol. The molecule has 1 N–H and O–H groups in total. The zero-order valence-corrected chi connectivity index (χ0v) is 12.6. The van der Waals surface area contributed by atoms with E-state index in [0.29, 0.717) is 17.9 Å². The van der Waals surface area contributed by atoms with Gasteiger partial charge in [0.2, 0.25) is 0 Å². The number of nitrogens with one attached hydrogen (secondary N) is 1. The molecule has 3 heteroatoms. The van der Waals surface area contributed by atoms with Crippen molar-refractivity contribution in [3.05, 3.63) is 65.5 Å². The SMILES string of the molecule is CCNC(C)c1ccc(OCCc2ccccc2)cc1F. The first-order valence-corrected chi connectivity index (χ1v) is 7.40. The minimum Gasteiger partial charge on any atom is -0.493 e. The second-order valence-electron chi connectivity index (χ2n) is 5.05. The molecule has 0 fully saturated rings. The molecule has 1 atom stereocenters. The average Bonchev–Trinajstić information content (AvgIpc) is 2.48. The molecule has 112 valence electrons. The van der Waals surface area contributed by atoms with Gasteiger partial charge in [0.05, 0.1) is 6.61 Å². The molecule has 0 aliphatic rings. The van der Waals surface area contributed by atoms with Gasteiger partial charge in [-0.3, -0.25) is 0 Å². The number of halogens is 1. The van der Waals surface area contributed by atoms with Gasteiger partial charge in [-0.25, -0.2) is 4.39 Å². The topological polar surface area (TPSA) is 21.3 Å². The molecule has 0 amide bonds. The van der Waals surface area contributed by atoms with Crippen LogP contribution in [-0.2, 0) is 6.42 Å². The van der Waals surface area contributed by atoms with E-state index in [1.807, 2.05) is 38.1 Å². The summed E-state index contributed by atoms with van der Waals surface area (Å²) in [5.41, 5.74) is 1.89. The second kappa shape index (κ2) is 7.79. The van der Waals surface area contributed by atoms with Gasteiger partial charge in [-0.2, -0.15) is 0 Å². The van der Waals surface area contributed by atoms with Crippen molar-refractivity contribution < 1.29 is 9.13 Å². The van der Waals surface area contributed by atoms with Crippen LogP contribution in [0.3, 0.4) is 0 Å². The molecule has 0 bridgehead atoms. The fraction of sp³-hybridized carbons (Fsp3) is 0.333. The molecule has 0 aliphatic heterocycles. The highest BCUT2D eigenvalue weighted by atomic mass is 19.1. The monoisotopic (exact) mass is 287 g/mol. The average molecular weight is 287 g/mol. The largest absolute Gasteiger partial charge is 0.493 e. The number of ether oxygens (including phenoxy) is 1. The minimum atomic E-state index is -0.222. The van der Waals surface area contributed by atoms with E-state index in [0.717, 1.165) is 13.0 Å². The predicted octanol–water partition coefficient (Wildman–Crippen LogP) is 4.12. The third-order valence-electron chi connectivity index (χ3n) is 3.45. The zero-order chi connectivity index (χ0) is 15.1. The Morgan fingerprint density at radius 3 is 2.57 bits per heavy atom. The van der Waals surface area contributed by atoms with E-state index in [4.69, 9.17) is 4.74 Å². The second-order valence-corrected chi connectivity index (χ2v) is 5.05. The molecule has 2 aromatic rings. The summed E-state index contributed by atoms with van der Waals surface area (Å²) in [5, 5.41) is 3.21. The highest BCUT2D eigenvalue weighted by Gasteiger charge is 2.10. The quantitative estimate of drug-likeness (QED) is 0.827. The number of benzene rings is 2. The highest BCUT2D eigenvalue weighted by Crippen LogP contribution is 2.22. The van der Waals surface area contributed by atoms with Crippen LogP contribution in [0.2, 0.25) is 0 Å². The summed E-state index contributed by atoms with van der Waals surface area (Å²) in [7, 11) is 0. The van der Waals surface area contributed by atoms with Gasteiger partial charge in [-0.1, -0.05) is 43.3 Å². The minimum absolute atomic E-state index is 0.00775. The van der Waals surface area contributed by atoms with Gasteiger partial charge in [0, 0.05) is 24.1 Å². The lowest BCUT2D eigenvalue weighted by Gasteiger charge is -2.14. The van der Waals surface area contributed by atoms with Crippen molar-refractivity contribution in [1.82, 2.24) is 5.32 Å². The van der Waals surface area contributed by atoms with Crippen molar-refractivity contribution in [1.29, 1.82) is 0 Å². The molecule has 0 heterocycles. The lowest BCUT2D eigenvalue weighted by Crippen LogP contribution is -2.18. The number of hydrogen-bond donors (Lipinski definition) is 1. The summed E-state index contributed by atoms with van der Waals surface area (Å²) in [5.74, 6) is 0.358. The maximum absolute atomic E-state index is 14.1. The van der Waals surface area contributed by atoms with Crippen LogP contribution in [0.15, 0.2) is 48.5 Å². The van der Waals surface area contributed by atoms with E-state index >= 15 is 0 Å². The van der Waals surface area contributed by atoms with E-state index in [1.165, 1.54) is 11.6 Å². The van der Waals surface area contributed by atoms with Crippen molar-refractivity contribution in [3.63, 3.8) is 0 Å². The van der Waals surface area contributed by atoms with Gasteiger partial charge >= 0.3 is 0 Å². The maximum atomic E-state index is 14.1. The lowest BCUT2D eigenvalue weighted by molar-refractivity contribution is 0.319. The standard InChI is InChI=1S/C18H22FNO/c1-3-20-14(2)17-10-9-16(13-18(17)19)21-12-11-15-7-5-4-6-8-15/h4-10,13-14,20H,3,11-12H2,1-2H3. The van der Waals surface area contributed by atoms with Crippen LogP contribution >= 0.6 is 0 Å². The Morgan fingerprint density at radius 1 is 1.14 bits per heavy atom. The highest BCUT2D eigenvalue weighted by molar-refractivity contribution is 5.30. The van der Waals surface area contributed by atoms with Crippen LogP contribution in [0.25, 0.3) is 0 Å². The van der Waals surface area contributed by atoms with Crippen LogP contribution < -0.4 is 10.1 Å². The van der Waals surface area contributed by atoms with E-state index < -0.39 is 0 Å².